The average molecular weight is 275 g/mol. The monoisotopic (exact) mass is 275 g/mol. The van der Waals surface area contributed by atoms with Gasteiger partial charge in [0.1, 0.15) is 0 Å². The third kappa shape index (κ3) is 3.97. The molecule has 1 aromatic rings. The molecule has 0 saturated carbocycles. The molecule has 110 valence electrons. The topological polar surface area (TPSA) is 35.6 Å². The van der Waals surface area contributed by atoms with E-state index in [1.54, 1.807) is 0 Å². The number of carbonyl (C=O) groups is 1. The molecular weight excluding hydrogens is 250 g/mol. The molecule has 20 heavy (non-hydrogen) atoms. The number of benzene rings is 1. The van der Waals surface area contributed by atoms with Crippen molar-refractivity contribution in [2.75, 3.05) is 39.1 Å². The van der Waals surface area contributed by atoms with Crippen LogP contribution in [0.25, 0.3) is 0 Å². The fourth-order valence-corrected chi connectivity index (χ4v) is 2.55. The van der Waals surface area contributed by atoms with E-state index in [1.807, 2.05) is 26.0 Å². The van der Waals surface area contributed by atoms with E-state index in [4.69, 9.17) is 0 Å². The van der Waals surface area contributed by atoms with E-state index in [2.05, 4.69) is 34.5 Å². The maximum absolute atomic E-state index is 12.2. The molecule has 0 aliphatic carbocycles. The van der Waals surface area contributed by atoms with Crippen molar-refractivity contribution >= 4 is 11.6 Å². The lowest BCUT2D eigenvalue weighted by Crippen LogP contribution is -2.28. The molecule has 1 amide bonds. The number of nitrogens with one attached hydrogen (secondary N) is 1. The zero-order valence-corrected chi connectivity index (χ0v) is 12.7. The lowest BCUT2D eigenvalue weighted by Gasteiger charge is -2.20. The van der Waals surface area contributed by atoms with Gasteiger partial charge in [0.2, 0.25) is 5.91 Å². The Morgan fingerprint density at radius 1 is 1.25 bits per heavy atom. The van der Waals surface area contributed by atoms with Gasteiger partial charge in [0.05, 0.1) is 0 Å². The molecule has 1 aliphatic rings. The lowest BCUT2D eigenvalue weighted by molar-refractivity contribution is -0.131. The molecule has 1 atom stereocenters. The van der Waals surface area contributed by atoms with Crippen molar-refractivity contribution in [2.45, 2.75) is 19.4 Å². The first-order chi connectivity index (χ1) is 9.56. The second-order valence-corrected chi connectivity index (χ2v) is 5.87. The summed E-state index contributed by atoms with van der Waals surface area (Å²) in [7, 11) is 5.95. The SMILES string of the molecule is CN(Cc1ccc(N(C)C)cc1)C(=O)CC1CCNC1. The highest BCUT2D eigenvalue weighted by molar-refractivity contribution is 5.76. The molecule has 1 N–H and O–H groups in total. The van der Waals surface area contributed by atoms with Crippen LogP contribution in [0.15, 0.2) is 24.3 Å². The summed E-state index contributed by atoms with van der Waals surface area (Å²) < 4.78 is 0. The van der Waals surface area contributed by atoms with E-state index in [0.717, 1.165) is 19.5 Å². The fraction of sp³-hybridized carbons (Fsp3) is 0.562. The predicted octanol–water partition coefficient (Wildman–Crippen LogP) is 1.71. The minimum Gasteiger partial charge on any atom is -0.378 e. The molecule has 1 aromatic carbocycles. The Labute approximate surface area is 121 Å². The van der Waals surface area contributed by atoms with E-state index in [9.17, 15) is 4.79 Å². The standard InChI is InChI=1S/C16H25N3O/c1-18(2)15-6-4-13(5-7-15)12-19(3)16(20)10-14-8-9-17-11-14/h4-7,14,17H,8-12H2,1-3H3. The summed E-state index contributed by atoms with van der Waals surface area (Å²) in [5.41, 5.74) is 2.36. The van der Waals surface area contributed by atoms with Crippen LogP contribution in [0.1, 0.15) is 18.4 Å². The molecule has 4 nitrogen and oxygen atoms in total. The van der Waals surface area contributed by atoms with Gasteiger partial charge in [-0.05, 0) is 43.1 Å². The highest BCUT2D eigenvalue weighted by Crippen LogP contribution is 2.16. The number of amides is 1. The van der Waals surface area contributed by atoms with Gasteiger partial charge in [-0.3, -0.25) is 4.79 Å². The molecule has 4 heteroatoms. The Morgan fingerprint density at radius 2 is 1.95 bits per heavy atom. The molecular formula is C16H25N3O. The molecule has 1 fully saturated rings. The number of hydrogen-bond acceptors (Lipinski definition) is 3. The van der Waals surface area contributed by atoms with Crippen LogP contribution in [-0.2, 0) is 11.3 Å². The summed E-state index contributed by atoms with van der Waals surface area (Å²) in [6.45, 7) is 2.72. The predicted molar refractivity (Wildman–Crippen MR) is 82.8 cm³/mol. The fourth-order valence-electron chi connectivity index (χ4n) is 2.55. The minimum absolute atomic E-state index is 0.246. The van der Waals surface area contributed by atoms with Crippen LogP contribution in [0.3, 0.4) is 0 Å². The molecule has 0 radical (unpaired) electrons. The zero-order valence-electron chi connectivity index (χ0n) is 12.7. The van der Waals surface area contributed by atoms with Crippen molar-refractivity contribution < 1.29 is 4.79 Å². The molecule has 0 spiro atoms. The number of hydrogen-bond donors (Lipinski definition) is 1. The summed E-state index contributed by atoms with van der Waals surface area (Å²) >= 11 is 0. The first-order valence-electron chi connectivity index (χ1n) is 7.27. The van der Waals surface area contributed by atoms with Crippen LogP contribution in [0, 0.1) is 5.92 Å². The summed E-state index contributed by atoms with van der Waals surface area (Å²) in [5, 5.41) is 3.31. The largest absolute Gasteiger partial charge is 0.378 e. The zero-order chi connectivity index (χ0) is 14.5. The van der Waals surface area contributed by atoms with Crippen molar-refractivity contribution in [2.24, 2.45) is 5.92 Å². The summed E-state index contributed by atoms with van der Waals surface area (Å²) in [6, 6.07) is 8.37. The molecule has 1 aliphatic heterocycles. The maximum Gasteiger partial charge on any atom is 0.222 e. The Kier molecular flexibility index (Phi) is 5.01. The summed E-state index contributed by atoms with van der Waals surface area (Å²) in [5.74, 6) is 0.761. The Bertz CT molecular complexity index is 436. The van der Waals surface area contributed by atoms with Gasteiger partial charge >= 0.3 is 0 Å². The first kappa shape index (κ1) is 14.9. The van der Waals surface area contributed by atoms with E-state index >= 15 is 0 Å². The second-order valence-electron chi connectivity index (χ2n) is 5.87. The van der Waals surface area contributed by atoms with E-state index < -0.39 is 0 Å². The van der Waals surface area contributed by atoms with Crippen molar-refractivity contribution in [3.8, 4) is 0 Å². The average Bonchev–Trinajstić information content (AvgIpc) is 2.92. The number of nitrogens with zero attached hydrogens (tertiary/aromatic N) is 2. The third-order valence-corrected chi connectivity index (χ3v) is 3.92. The third-order valence-electron chi connectivity index (χ3n) is 3.92. The van der Waals surface area contributed by atoms with Gasteiger partial charge in [0.15, 0.2) is 0 Å². The van der Waals surface area contributed by atoms with E-state index in [1.165, 1.54) is 11.3 Å². The summed E-state index contributed by atoms with van der Waals surface area (Å²) in [6.07, 6.45) is 1.79. The number of carbonyl (C=O) groups excluding carboxylic acids is 1. The molecule has 1 heterocycles. The van der Waals surface area contributed by atoms with Gasteiger partial charge in [-0.15, -0.1) is 0 Å². The van der Waals surface area contributed by atoms with Crippen LogP contribution in [0.5, 0.6) is 0 Å². The van der Waals surface area contributed by atoms with Crippen LogP contribution in [0.4, 0.5) is 5.69 Å². The van der Waals surface area contributed by atoms with Gasteiger partial charge in [0.25, 0.3) is 0 Å². The smallest absolute Gasteiger partial charge is 0.222 e. The lowest BCUT2D eigenvalue weighted by atomic mass is 10.0. The minimum atomic E-state index is 0.246. The molecule has 0 aromatic heterocycles. The Morgan fingerprint density at radius 3 is 2.50 bits per heavy atom. The van der Waals surface area contributed by atoms with Crippen molar-refractivity contribution in [3.05, 3.63) is 29.8 Å². The quantitative estimate of drug-likeness (QED) is 0.888. The number of anilines is 1. The first-order valence-corrected chi connectivity index (χ1v) is 7.27. The number of rotatable bonds is 5. The van der Waals surface area contributed by atoms with Crippen molar-refractivity contribution in [1.29, 1.82) is 0 Å². The van der Waals surface area contributed by atoms with Crippen LogP contribution < -0.4 is 10.2 Å². The van der Waals surface area contributed by atoms with Gasteiger partial charge in [-0.2, -0.15) is 0 Å². The highest BCUT2D eigenvalue weighted by Gasteiger charge is 2.20. The Balaban J connectivity index is 1.86. The molecule has 2 rings (SSSR count). The van der Waals surface area contributed by atoms with Crippen LogP contribution in [-0.4, -0.2) is 45.0 Å². The van der Waals surface area contributed by atoms with Gasteiger partial charge in [-0.1, -0.05) is 12.1 Å². The maximum atomic E-state index is 12.2. The van der Waals surface area contributed by atoms with Gasteiger partial charge < -0.3 is 15.1 Å². The molecule has 1 unspecified atom stereocenters. The van der Waals surface area contributed by atoms with Crippen molar-refractivity contribution in [3.63, 3.8) is 0 Å². The summed E-state index contributed by atoms with van der Waals surface area (Å²) in [4.78, 5) is 16.1. The molecule has 0 bridgehead atoms. The van der Waals surface area contributed by atoms with Crippen LogP contribution in [0.2, 0.25) is 0 Å². The highest BCUT2D eigenvalue weighted by atomic mass is 16.2. The van der Waals surface area contributed by atoms with Gasteiger partial charge in [-0.25, -0.2) is 0 Å². The van der Waals surface area contributed by atoms with Gasteiger partial charge in [0, 0.05) is 39.8 Å². The van der Waals surface area contributed by atoms with Crippen molar-refractivity contribution in [1.82, 2.24) is 10.2 Å². The molecule has 1 saturated heterocycles. The normalized spacial score (nSPS) is 18.1. The van der Waals surface area contributed by atoms with E-state index in [-0.39, 0.29) is 5.91 Å². The second kappa shape index (κ2) is 6.75. The Hall–Kier alpha value is -1.55. The van der Waals surface area contributed by atoms with Crippen LogP contribution >= 0.6 is 0 Å². The van der Waals surface area contributed by atoms with E-state index in [0.29, 0.717) is 18.9 Å².